The van der Waals surface area contributed by atoms with Crippen LogP contribution in [0.15, 0.2) is 12.1 Å². The molecule has 0 aromatic carbocycles. The molecule has 2 fully saturated rings. The quantitative estimate of drug-likeness (QED) is 0.804. The van der Waals surface area contributed by atoms with Gasteiger partial charge in [0, 0.05) is 43.9 Å². The van der Waals surface area contributed by atoms with Crippen molar-refractivity contribution in [3.05, 3.63) is 29.2 Å². The molecule has 0 bridgehead atoms. The Morgan fingerprint density at radius 2 is 2.12 bits per heavy atom. The standard InChI is InChI=1S/C18H26N6O2/c1-12-7-13(2)24(22-12)15-9-23(10-15)17-8-16(14-3-6-26-11-14)20-18(21-17)19-4-5-25/h7-8,14-15,25H,3-6,9-11H2,1-2H3,(H,19,20,21). The summed E-state index contributed by atoms with van der Waals surface area (Å²) in [5.41, 5.74) is 3.27. The zero-order valence-corrected chi connectivity index (χ0v) is 15.4. The highest BCUT2D eigenvalue weighted by Crippen LogP contribution is 2.31. The molecular weight excluding hydrogens is 332 g/mol. The van der Waals surface area contributed by atoms with E-state index in [4.69, 9.17) is 9.84 Å². The molecule has 0 spiro atoms. The van der Waals surface area contributed by atoms with E-state index >= 15 is 0 Å². The minimum Gasteiger partial charge on any atom is -0.395 e. The van der Waals surface area contributed by atoms with E-state index in [1.165, 1.54) is 5.69 Å². The second kappa shape index (κ2) is 7.20. The average Bonchev–Trinajstić information content (AvgIpc) is 3.22. The fraction of sp³-hybridized carbons (Fsp3) is 0.611. The fourth-order valence-corrected chi connectivity index (χ4v) is 3.65. The molecule has 8 heteroatoms. The van der Waals surface area contributed by atoms with Crippen LogP contribution in [-0.4, -0.2) is 64.3 Å². The molecule has 2 aliphatic rings. The first kappa shape index (κ1) is 17.2. The van der Waals surface area contributed by atoms with Gasteiger partial charge in [-0.25, -0.2) is 4.98 Å². The van der Waals surface area contributed by atoms with E-state index in [1.54, 1.807) is 0 Å². The molecular formula is C18H26N6O2. The number of rotatable bonds is 6. The number of hydrogen-bond acceptors (Lipinski definition) is 7. The minimum absolute atomic E-state index is 0.0547. The van der Waals surface area contributed by atoms with Gasteiger partial charge in [-0.05, 0) is 26.3 Å². The molecule has 2 aromatic rings. The molecule has 2 aliphatic heterocycles. The number of nitrogens with one attached hydrogen (secondary N) is 1. The highest BCUT2D eigenvalue weighted by atomic mass is 16.5. The van der Waals surface area contributed by atoms with Crippen LogP contribution < -0.4 is 10.2 Å². The van der Waals surface area contributed by atoms with Gasteiger partial charge in [-0.3, -0.25) is 4.68 Å². The first-order valence-corrected chi connectivity index (χ1v) is 9.23. The van der Waals surface area contributed by atoms with E-state index in [0.29, 0.717) is 31.1 Å². The molecule has 2 aromatic heterocycles. The highest BCUT2D eigenvalue weighted by molar-refractivity contribution is 5.48. The maximum Gasteiger partial charge on any atom is 0.224 e. The van der Waals surface area contributed by atoms with Gasteiger partial charge >= 0.3 is 0 Å². The molecule has 4 rings (SSSR count). The molecule has 26 heavy (non-hydrogen) atoms. The molecule has 8 nitrogen and oxygen atoms in total. The topological polar surface area (TPSA) is 88.3 Å². The summed E-state index contributed by atoms with van der Waals surface area (Å²) in [5.74, 6) is 1.83. The average molecular weight is 358 g/mol. The number of aromatic nitrogens is 4. The van der Waals surface area contributed by atoms with Crippen molar-refractivity contribution >= 4 is 11.8 Å². The Balaban J connectivity index is 1.52. The van der Waals surface area contributed by atoms with Crippen LogP contribution in [-0.2, 0) is 4.74 Å². The van der Waals surface area contributed by atoms with Crippen molar-refractivity contribution in [1.29, 1.82) is 0 Å². The van der Waals surface area contributed by atoms with Crippen LogP contribution in [0, 0.1) is 13.8 Å². The van der Waals surface area contributed by atoms with E-state index in [9.17, 15) is 0 Å². The predicted molar refractivity (Wildman–Crippen MR) is 98.7 cm³/mol. The van der Waals surface area contributed by atoms with Crippen molar-refractivity contribution in [2.45, 2.75) is 32.2 Å². The van der Waals surface area contributed by atoms with Crippen molar-refractivity contribution in [1.82, 2.24) is 19.7 Å². The number of nitrogens with zero attached hydrogens (tertiary/aromatic N) is 5. The van der Waals surface area contributed by atoms with Gasteiger partial charge in [-0.15, -0.1) is 0 Å². The Kier molecular flexibility index (Phi) is 4.78. The van der Waals surface area contributed by atoms with E-state index < -0.39 is 0 Å². The molecule has 0 radical (unpaired) electrons. The minimum atomic E-state index is 0.0547. The maximum atomic E-state index is 9.07. The highest BCUT2D eigenvalue weighted by Gasteiger charge is 2.32. The van der Waals surface area contributed by atoms with Crippen LogP contribution in [0.2, 0.25) is 0 Å². The molecule has 4 heterocycles. The van der Waals surface area contributed by atoms with Gasteiger partial charge in [0.15, 0.2) is 0 Å². The lowest BCUT2D eigenvalue weighted by Crippen LogP contribution is -2.49. The van der Waals surface area contributed by atoms with Gasteiger partial charge in [0.1, 0.15) is 5.82 Å². The molecule has 0 amide bonds. The lowest BCUT2D eigenvalue weighted by atomic mass is 10.0. The zero-order chi connectivity index (χ0) is 18.1. The molecule has 2 N–H and O–H groups in total. The normalized spacial score (nSPS) is 20.4. The summed E-state index contributed by atoms with van der Waals surface area (Å²) in [6.45, 7) is 7.90. The summed E-state index contributed by atoms with van der Waals surface area (Å²) in [4.78, 5) is 11.5. The van der Waals surface area contributed by atoms with Gasteiger partial charge in [-0.2, -0.15) is 10.1 Å². The second-order valence-corrected chi connectivity index (χ2v) is 7.12. The third kappa shape index (κ3) is 3.39. The van der Waals surface area contributed by atoms with Crippen LogP contribution in [0.25, 0.3) is 0 Å². The van der Waals surface area contributed by atoms with E-state index in [1.807, 2.05) is 6.92 Å². The van der Waals surface area contributed by atoms with Crippen molar-refractivity contribution < 1.29 is 9.84 Å². The number of aryl methyl sites for hydroxylation is 2. The van der Waals surface area contributed by atoms with Gasteiger partial charge in [0.2, 0.25) is 5.95 Å². The lowest BCUT2D eigenvalue weighted by Gasteiger charge is -2.40. The van der Waals surface area contributed by atoms with Crippen LogP contribution in [0.3, 0.4) is 0 Å². The van der Waals surface area contributed by atoms with Crippen molar-refractivity contribution in [3.8, 4) is 0 Å². The summed E-state index contributed by atoms with van der Waals surface area (Å²) in [7, 11) is 0. The van der Waals surface area contributed by atoms with Gasteiger partial charge in [0.05, 0.1) is 30.6 Å². The smallest absolute Gasteiger partial charge is 0.224 e. The largest absolute Gasteiger partial charge is 0.395 e. The SMILES string of the molecule is Cc1cc(C)n(C2CN(c3cc(C4CCOC4)nc(NCCO)n3)C2)n1. The van der Waals surface area contributed by atoms with Gasteiger partial charge in [0.25, 0.3) is 0 Å². The van der Waals surface area contributed by atoms with E-state index in [0.717, 1.165) is 43.3 Å². The predicted octanol–water partition coefficient (Wildman–Crippen LogP) is 1.26. The molecule has 1 atom stereocenters. The maximum absolute atomic E-state index is 9.07. The first-order valence-electron chi connectivity index (χ1n) is 9.23. The Morgan fingerprint density at radius 3 is 2.77 bits per heavy atom. The summed E-state index contributed by atoms with van der Waals surface area (Å²) in [6, 6.07) is 4.58. The third-order valence-corrected chi connectivity index (χ3v) is 5.05. The van der Waals surface area contributed by atoms with Gasteiger partial charge in [-0.1, -0.05) is 0 Å². The number of ether oxygens (including phenoxy) is 1. The number of hydrogen-bond donors (Lipinski definition) is 2. The van der Waals surface area contributed by atoms with Crippen molar-refractivity contribution in [2.75, 3.05) is 49.7 Å². The van der Waals surface area contributed by atoms with Crippen molar-refractivity contribution in [2.24, 2.45) is 0 Å². The van der Waals surface area contributed by atoms with Crippen LogP contribution in [0.1, 0.15) is 35.5 Å². The Labute approximate surface area is 153 Å². The fourth-order valence-electron chi connectivity index (χ4n) is 3.65. The zero-order valence-electron chi connectivity index (χ0n) is 15.4. The Morgan fingerprint density at radius 1 is 1.27 bits per heavy atom. The summed E-state index contributed by atoms with van der Waals surface area (Å²) in [5, 5.41) is 16.8. The van der Waals surface area contributed by atoms with Gasteiger partial charge < -0.3 is 20.1 Å². The van der Waals surface area contributed by atoms with Crippen molar-refractivity contribution in [3.63, 3.8) is 0 Å². The molecule has 1 unspecified atom stereocenters. The van der Waals surface area contributed by atoms with Crippen LogP contribution >= 0.6 is 0 Å². The summed E-state index contributed by atoms with van der Waals surface area (Å²) in [6.07, 6.45) is 0.990. The van der Waals surface area contributed by atoms with E-state index in [-0.39, 0.29) is 6.61 Å². The lowest BCUT2D eigenvalue weighted by molar-refractivity contribution is 0.193. The Bertz CT molecular complexity index is 765. The first-order chi connectivity index (χ1) is 12.6. The number of aliphatic hydroxyl groups excluding tert-OH is 1. The monoisotopic (exact) mass is 358 g/mol. The molecule has 2 saturated heterocycles. The molecule has 0 aliphatic carbocycles. The molecule has 140 valence electrons. The number of aliphatic hydroxyl groups is 1. The van der Waals surface area contributed by atoms with Crippen LogP contribution in [0.4, 0.5) is 11.8 Å². The second-order valence-electron chi connectivity index (χ2n) is 7.12. The Hall–Kier alpha value is -2.19. The summed E-state index contributed by atoms with van der Waals surface area (Å²) < 4.78 is 7.63. The van der Waals surface area contributed by atoms with Crippen LogP contribution in [0.5, 0.6) is 0 Å². The van der Waals surface area contributed by atoms with E-state index in [2.05, 4.69) is 49.0 Å². The summed E-state index contributed by atoms with van der Waals surface area (Å²) >= 11 is 0. The number of anilines is 2. The molecule has 0 saturated carbocycles. The third-order valence-electron chi connectivity index (χ3n) is 5.05.